The summed E-state index contributed by atoms with van der Waals surface area (Å²) in [5, 5.41) is 236. The van der Waals surface area contributed by atoms with Gasteiger partial charge in [0.1, 0.15) is 134 Å². The molecule has 43 heteroatoms. The maximum atomic E-state index is 16.8. The van der Waals surface area contributed by atoms with Crippen molar-refractivity contribution in [1.82, 2.24) is 0 Å². The van der Waals surface area contributed by atoms with Crippen molar-refractivity contribution in [2.45, 2.75) is 347 Å². The lowest BCUT2D eigenvalue weighted by Gasteiger charge is -2.71. The van der Waals surface area contributed by atoms with Gasteiger partial charge in [0.15, 0.2) is 55.5 Å². The number of carbonyl (C=O) groups excluding carboxylic acids is 3. The molecule has 43 atom stereocenters. The third-order valence-electron chi connectivity index (χ3n) is 30.1. The molecule has 13 rings (SSSR count). The summed E-state index contributed by atoms with van der Waals surface area (Å²) in [6, 6.07) is 6.48. The zero-order valence-electron chi connectivity index (χ0n) is 73.2. The molecule has 21 N–H and O–H groups in total. The highest BCUT2D eigenvalue weighted by Gasteiger charge is 2.75. The van der Waals surface area contributed by atoms with Gasteiger partial charge in [-0.1, -0.05) is 51.5 Å². The number of ether oxygens (including phenoxy) is 17. The number of aliphatic hydroxyl groups excluding tert-OH is 17. The molecular formula is C86H128O43. The smallest absolute Gasteiger partial charge is 0.331 e. The molecule has 0 spiro atoms. The molecule has 0 bridgehead atoms. The second-order valence-corrected chi connectivity index (χ2v) is 39.0. The van der Waals surface area contributed by atoms with Crippen LogP contribution in [0.3, 0.4) is 0 Å². The van der Waals surface area contributed by atoms with Crippen molar-refractivity contribution in [2.24, 2.45) is 50.2 Å². The van der Waals surface area contributed by atoms with Crippen LogP contribution < -0.4 is 4.74 Å². The molecule has 0 amide bonds. The van der Waals surface area contributed by atoms with Gasteiger partial charge in [0, 0.05) is 11.5 Å². The van der Waals surface area contributed by atoms with E-state index in [4.69, 9.17) is 80.5 Å². The molecule has 0 radical (unpaired) electrons. The number of carboxylic acid groups (broad SMARTS) is 2. The first-order valence-electron chi connectivity index (χ1n) is 43.8. The Morgan fingerprint density at radius 2 is 1.11 bits per heavy atom. The van der Waals surface area contributed by atoms with Gasteiger partial charge in [0.25, 0.3) is 0 Å². The van der Waals surface area contributed by atoms with E-state index >= 15 is 4.79 Å². The van der Waals surface area contributed by atoms with Gasteiger partial charge in [-0.15, -0.1) is 0 Å². The Hall–Kier alpha value is -5.43. The molecule has 730 valence electrons. The summed E-state index contributed by atoms with van der Waals surface area (Å²) >= 11 is 0. The van der Waals surface area contributed by atoms with Crippen molar-refractivity contribution in [3.63, 3.8) is 0 Å². The Labute approximate surface area is 742 Å². The molecule has 12 aliphatic rings. The van der Waals surface area contributed by atoms with Gasteiger partial charge in [-0.2, -0.15) is 0 Å². The molecule has 7 saturated heterocycles. The van der Waals surface area contributed by atoms with E-state index in [0.717, 1.165) is 13.0 Å². The first-order valence-corrected chi connectivity index (χ1v) is 43.8. The van der Waals surface area contributed by atoms with Gasteiger partial charge >= 0.3 is 29.8 Å². The van der Waals surface area contributed by atoms with Gasteiger partial charge in [0.05, 0.1) is 93.8 Å². The summed E-state index contributed by atoms with van der Waals surface area (Å²) in [6.45, 7) is 9.60. The second-order valence-electron chi connectivity index (χ2n) is 39.0. The number of methoxy groups -OCH3 is 1. The number of hydrogen-bond acceptors (Lipinski definition) is 41. The molecule has 5 aliphatic carbocycles. The molecule has 4 saturated carbocycles. The van der Waals surface area contributed by atoms with Gasteiger partial charge in [-0.3, -0.25) is 19.2 Å². The highest BCUT2D eigenvalue weighted by Crippen LogP contribution is 2.76. The predicted octanol–water partition coefficient (Wildman–Crippen LogP) is -4.75. The Bertz CT molecular complexity index is 4120. The van der Waals surface area contributed by atoms with Crippen molar-refractivity contribution in [2.75, 3.05) is 46.8 Å². The van der Waals surface area contributed by atoms with Crippen LogP contribution in [0, 0.1) is 50.2 Å². The summed E-state index contributed by atoms with van der Waals surface area (Å²) in [5.41, 5.74) is -10.8. The lowest BCUT2D eigenvalue weighted by Crippen LogP contribution is -2.71. The lowest BCUT2D eigenvalue weighted by atomic mass is 9.33. The Kier molecular flexibility index (Phi) is 30.5. The number of carbonyl (C=O) groups is 5. The lowest BCUT2D eigenvalue weighted by molar-refractivity contribution is -0.398. The Morgan fingerprint density at radius 1 is 0.550 bits per heavy atom. The predicted molar refractivity (Wildman–Crippen MR) is 427 cm³/mol. The van der Waals surface area contributed by atoms with E-state index < -0.39 is 347 Å². The number of benzene rings is 1. The third-order valence-corrected chi connectivity index (χ3v) is 30.1. The fourth-order valence-corrected chi connectivity index (χ4v) is 22.6. The largest absolute Gasteiger partial charge is 0.497 e. The molecule has 1 aromatic carbocycles. The number of hydrogen-bond donors (Lipinski definition) is 21. The summed E-state index contributed by atoms with van der Waals surface area (Å²) in [7, 11) is 1.45. The van der Waals surface area contributed by atoms with E-state index in [1.165, 1.54) is 40.9 Å². The molecular weight excluding hydrogens is 1720 g/mol. The van der Waals surface area contributed by atoms with Crippen molar-refractivity contribution in [3.8, 4) is 5.75 Å². The minimum atomic E-state index is -2.61. The zero-order chi connectivity index (χ0) is 94.4. The normalized spacial score (nSPS) is 47.9. The first kappa shape index (κ1) is 101. The monoisotopic (exact) mass is 1850 g/mol. The number of carboxylic acids is 2. The fraction of sp³-hybridized carbons (Fsp3) is 0.826. The topological polar surface area (TPSA) is 667 Å². The Morgan fingerprint density at radius 3 is 1.72 bits per heavy atom. The number of allylic oxidation sites excluding steroid dienone is 1. The zero-order valence-corrected chi connectivity index (χ0v) is 73.2. The van der Waals surface area contributed by atoms with Gasteiger partial charge in [0.2, 0.25) is 6.29 Å². The van der Waals surface area contributed by atoms with Crippen molar-refractivity contribution in [1.29, 1.82) is 0 Å². The number of aliphatic hydroxyl groups is 19. The Balaban J connectivity index is 0.858. The minimum absolute atomic E-state index is 0.00160. The van der Waals surface area contributed by atoms with Crippen LogP contribution in [0.1, 0.15) is 139 Å². The van der Waals surface area contributed by atoms with Crippen LogP contribution in [0.5, 0.6) is 5.75 Å². The molecule has 11 fully saturated rings. The van der Waals surface area contributed by atoms with E-state index in [9.17, 15) is 126 Å². The van der Waals surface area contributed by atoms with Crippen LogP contribution in [0.4, 0.5) is 0 Å². The summed E-state index contributed by atoms with van der Waals surface area (Å²) < 4.78 is 104. The van der Waals surface area contributed by atoms with E-state index in [2.05, 4.69) is 0 Å². The van der Waals surface area contributed by atoms with E-state index in [-0.39, 0.29) is 44.9 Å². The van der Waals surface area contributed by atoms with Crippen molar-refractivity contribution >= 4 is 35.9 Å². The van der Waals surface area contributed by atoms with E-state index in [1.54, 1.807) is 24.3 Å². The van der Waals surface area contributed by atoms with Crippen LogP contribution in [0.25, 0.3) is 6.08 Å². The van der Waals surface area contributed by atoms with Crippen LogP contribution in [-0.4, -0.2) is 398 Å². The van der Waals surface area contributed by atoms with Crippen LogP contribution in [0.15, 0.2) is 42.0 Å². The molecule has 1 aromatic rings. The van der Waals surface area contributed by atoms with Crippen molar-refractivity contribution in [3.05, 3.63) is 47.6 Å². The molecule has 43 nitrogen and oxygen atoms in total. The van der Waals surface area contributed by atoms with Gasteiger partial charge < -0.3 is 188 Å². The highest BCUT2D eigenvalue weighted by atomic mass is 16.8. The fourth-order valence-electron chi connectivity index (χ4n) is 22.6. The van der Waals surface area contributed by atoms with Crippen LogP contribution >= 0.6 is 0 Å². The van der Waals surface area contributed by atoms with Crippen LogP contribution in [0.2, 0.25) is 0 Å². The average Bonchev–Trinajstić information content (AvgIpc) is 1.63. The maximum Gasteiger partial charge on any atom is 0.331 e. The van der Waals surface area contributed by atoms with Crippen LogP contribution in [-0.2, 0) is 99.8 Å². The average molecular weight is 1850 g/mol. The number of aliphatic carboxylic acids is 2. The highest BCUT2D eigenvalue weighted by molar-refractivity contribution is 5.87. The summed E-state index contributed by atoms with van der Waals surface area (Å²) in [5.74, 6) is -7.66. The number of fused-ring (bicyclic) bond motifs is 7. The number of rotatable bonds is 28. The number of esters is 3. The first-order chi connectivity index (χ1) is 60.5. The molecule has 129 heavy (non-hydrogen) atoms. The summed E-state index contributed by atoms with van der Waals surface area (Å²) in [6.07, 6.45) is -58.4. The minimum Gasteiger partial charge on any atom is -0.497 e. The van der Waals surface area contributed by atoms with Gasteiger partial charge in [-0.05, 0) is 150 Å². The standard InChI is InChI=1S/C86H128O43/c1-35-51(95)55(99)59(103)71(117-35)126-66-64(123-49(93)18-13-38-11-14-39(113-10)15-12-38)37(3)119-75(129-78(110)84-22-21-79(4,5)25-41(84)40-16-17-46-81(7)26-42(90)69(128-73-61(105)57(101)53(97)44(30-88)121-73)83(9,77(108)109)47(81)19-20-82(46,8)85(40,32-89)24-23-84)67(66)127-74-62(106)65(125-76-68(107)86(112,34-116-76)33-115-50(94)28-80(6,111)27-48(91)92)63(36(2)118-74)124-70-58(102)54(98)45(31-114-70)122-72-60(104)56(100)52(96)43(29-87)120-72/h11-16,18,35-37,41-47,51-76,87-90,95-107,111-112H,17,19-34H2,1-10H3,(H,91,92)(H,108,109). The second kappa shape index (κ2) is 39.0. The molecule has 43 unspecified atom stereocenters. The summed E-state index contributed by atoms with van der Waals surface area (Å²) in [4.78, 5) is 70.1. The van der Waals surface area contributed by atoms with Gasteiger partial charge in [-0.25, -0.2) is 4.79 Å². The SMILES string of the molecule is COc1ccc(C=CC(=O)OC2C(C)OC(OC(=O)C34CCC(C)(C)CC3C3=CCC5C6(C)CC(O)C(OC7OC(CO)C(O)C(O)C7O)C(C)(C(=O)O)C6CCC5(C)C3(CO)CC4)C(OC3OC(C)C(OC4OCC(OC5OC(CO)C(O)C(O)C5O)C(O)C4O)C(OC4OCC(O)(COC(=O)CC(C)(O)CC(=O)O)C4O)C3O)C2OC2OC(C)C(O)C(O)C2O)cc1. The molecule has 7 heterocycles. The quantitative estimate of drug-likeness (QED) is 0.0123. The van der Waals surface area contributed by atoms with E-state index in [1.807, 2.05) is 33.8 Å². The maximum absolute atomic E-state index is 16.8. The molecule has 0 aromatic heterocycles. The van der Waals surface area contributed by atoms with Crippen molar-refractivity contribution < 1.29 is 212 Å². The molecule has 7 aliphatic heterocycles. The van der Waals surface area contributed by atoms with E-state index in [0.29, 0.717) is 29.7 Å². The third kappa shape index (κ3) is 19.1.